The van der Waals surface area contributed by atoms with Gasteiger partial charge in [0.15, 0.2) is 0 Å². The molecule has 0 aromatic carbocycles. The standard InChI is InChI=1S/C9H14N2/c1-7-4-9(5-7,6-10)11-8-2-3-8/h7-8,11H,2-5H2,1H3. The van der Waals surface area contributed by atoms with Gasteiger partial charge in [-0.05, 0) is 31.6 Å². The van der Waals surface area contributed by atoms with E-state index in [0.29, 0.717) is 6.04 Å². The van der Waals surface area contributed by atoms with Crippen LogP contribution in [0.15, 0.2) is 0 Å². The van der Waals surface area contributed by atoms with Crippen molar-refractivity contribution in [2.24, 2.45) is 5.92 Å². The molecule has 2 aliphatic rings. The quantitative estimate of drug-likeness (QED) is 0.646. The first kappa shape index (κ1) is 7.12. The maximum atomic E-state index is 8.92. The highest BCUT2D eigenvalue weighted by Gasteiger charge is 2.45. The number of nitrogens with zero attached hydrogens (tertiary/aromatic N) is 1. The van der Waals surface area contributed by atoms with Crippen LogP contribution >= 0.6 is 0 Å². The van der Waals surface area contributed by atoms with Crippen LogP contribution < -0.4 is 5.32 Å². The van der Waals surface area contributed by atoms with Crippen LogP contribution in [0.3, 0.4) is 0 Å². The zero-order valence-corrected chi connectivity index (χ0v) is 6.93. The lowest BCUT2D eigenvalue weighted by Crippen LogP contribution is -2.54. The number of rotatable bonds is 2. The Morgan fingerprint density at radius 1 is 1.45 bits per heavy atom. The van der Waals surface area contributed by atoms with Gasteiger partial charge in [0, 0.05) is 6.04 Å². The molecule has 2 heteroatoms. The Kier molecular flexibility index (Phi) is 1.43. The first-order valence-electron chi connectivity index (χ1n) is 4.43. The highest BCUT2D eigenvalue weighted by molar-refractivity contribution is 5.16. The lowest BCUT2D eigenvalue weighted by molar-refractivity contribution is 0.171. The molecule has 0 saturated heterocycles. The van der Waals surface area contributed by atoms with Crippen molar-refractivity contribution in [1.82, 2.24) is 5.32 Å². The summed E-state index contributed by atoms with van der Waals surface area (Å²) in [6.07, 6.45) is 4.66. The van der Waals surface area contributed by atoms with Crippen molar-refractivity contribution in [2.75, 3.05) is 0 Å². The zero-order valence-electron chi connectivity index (χ0n) is 6.93. The molecule has 2 fully saturated rings. The molecule has 0 amide bonds. The average molecular weight is 150 g/mol. The van der Waals surface area contributed by atoms with Crippen molar-refractivity contribution in [3.05, 3.63) is 0 Å². The molecule has 0 bridgehead atoms. The second-order valence-electron chi connectivity index (χ2n) is 4.13. The molecular formula is C9H14N2. The van der Waals surface area contributed by atoms with Crippen molar-refractivity contribution in [3.63, 3.8) is 0 Å². The molecule has 11 heavy (non-hydrogen) atoms. The molecule has 0 radical (unpaired) electrons. The molecule has 0 heterocycles. The number of hydrogen-bond donors (Lipinski definition) is 1. The van der Waals surface area contributed by atoms with Gasteiger partial charge in [-0.25, -0.2) is 0 Å². The molecular weight excluding hydrogens is 136 g/mol. The van der Waals surface area contributed by atoms with Gasteiger partial charge in [0.1, 0.15) is 5.54 Å². The number of nitrogens with one attached hydrogen (secondary N) is 1. The summed E-state index contributed by atoms with van der Waals surface area (Å²) in [6, 6.07) is 3.07. The molecule has 2 saturated carbocycles. The van der Waals surface area contributed by atoms with E-state index < -0.39 is 0 Å². The topological polar surface area (TPSA) is 35.8 Å². The van der Waals surface area contributed by atoms with Gasteiger partial charge in [0.25, 0.3) is 0 Å². The zero-order chi connectivity index (χ0) is 7.90. The van der Waals surface area contributed by atoms with Gasteiger partial charge in [-0.3, -0.25) is 5.32 Å². The first-order valence-corrected chi connectivity index (χ1v) is 4.43. The smallest absolute Gasteiger partial charge is 0.107 e. The van der Waals surface area contributed by atoms with Gasteiger partial charge in [-0.2, -0.15) is 5.26 Å². The Hall–Kier alpha value is -0.550. The monoisotopic (exact) mass is 150 g/mol. The van der Waals surface area contributed by atoms with E-state index in [9.17, 15) is 0 Å². The van der Waals surface area contributed by atoms with Gasteiger partial charge < -0.3 is 0 Å². The Morgan fingerprint density at radius 2 is 2.09 bits per heavy atom. The Morgan fingerprint density at radius 3 is 2.45 bits per heavy atom. The summed E-state index contributed by atoms with van der Waals surface area (Å²) in [6.45, 7) is 2.21. The van der Waals surface area contributed by atoms with Gasteiger partial charge in [-0.15, -0.1) is 0 Å². The average Bonchev–Trinajstić information content (AvgIpc) is 2.67. The summed E-state index contributed by atoms with van der Waals surface area (Å²) in [5, 5.41) is 12.3. The van der Waals surface area contributed by atoms with Crippen molar-refractivity contribution >= 4 is 0 Å². The Labute approximate surface area is 67.6 Å². The number of nitriles is 1. The molecule has 60 valence electrons. The van der Waals surface area contributed by atoms with Crippen molar-refractivity contribution in [2.45, 2.75) is 44.2 Å². The highest BCUT2D eigenvalue weighted by atomic mass is 15.1. The number of hydrogen-bond acceptors (Lipinski definition) is 2. The second-order valence-corrected chi connectivity index (χ2v) is 4.13. The molecule has 0 aliphatic heterocycles. The van der Waals surface area contributed by atoms with Gasteiger partial charge in [0.2, 0.25) is 0 Å². The lowest BCUT2D eigenvalue weighted by Gasteiger charge is -2.41. The van der Waals surface area contributed by atoms with E-state index in [1.54, 1.807) is 0 Å². The summed E-state index contributed by atoms with van der Waals surface area (Å²) in [7, 11) is 0. The SMILES string of the molecule is CC1CC(C#N)(NC2CC2)C1. The van der Waals surface area contributed by atoms with Gasteiger partial charge in [-0.1, -0.05) is 6.92 Å². The fraction of sp³-hybridized carbons (Fsp3) is 0.889. The summed E-state index contributed by atoms with van der Waals surface area (Å²) in [5.41, 5.74) is -0.124. The van der Waals surface area contributed by atoms with E-state index in [1.165, 1.54) is 12.8 Å². The van der Waals surface area contributed by atoms with Crippen LogP contribution in [-0.4, -0.2) is 11.6 Å². The van der Waals surface area contributed by atoms with Crippen LogP contribution in [0, 0.1) is 17.2 Å². The maximum absolute atomic E-state index is 8.92. The minimum atomic E-state index is -0.124. The summed E-state index contributed by atoms with van der Waals surface area (Å²) >= 11 is 0. The third-order valence-corrected chi connectivity index (χ3v) is 2.67. The van der Waals surface area contributed by atoms with Crippen molar-refractivity contribution in [3.8, 4) is 6.07 Å². The largest absolute Gasteiger partial charge is 0.297 e. The summed E-state index contributed by atoms with van der Waals surface area (Å²) < 4.78 is 0. The van der Waals surface area contributed by atoms with Crippen LogP contribution in [0.5, 0.6) is 0 Å². The fourth-order valence-electron chi connectivity index (χ4n) is 1.99. The fourth-order valence-corrected chi connectivity index (χ4v) is 1.99. The van der Waals surface area contributed by atoms with E-state index in [-0.39, 0.29) is 5.54 Å². The van der Waals surface area contributed by atoms with Gasteiger partial charge in [0.05, 0.1) is 6.07 Å². The predicted molar refractivity (Wildman–Crippen MR) is 42.9 cm³/mol. The van der Waals surface area contributed by atoms with Crippen molar-refractivity contribution in [1.29, 1.82) is 5.26 Å². The second kappa shape index (κ2) is 2.22. The van der Waals surface area contributed by atoms with Crippen LogP contribution in [0.1, 0.15) is 32.6 Å². The first-order chi connectivity index (χ1) is 5.24. The normalized spacial score (nSPS) is 42.7. The molecule has 2 nitrogen and oxygen atoms in total. The highest BCUT2D eigenvalue weighted by Crippen LogP contribution is 2.39. The summed E-state index contributed by atoms with van der Waals surface area (Å²) in [5.74, 6) is 0.751. The minimum Gasteiger partial charge on any atom is -0.297 e. The van der Waals surface area contributed by atoms with Gasteiger partial charge >= 0.3 is 0 Å². The lowest BCUT2D eigenvalue weighted by atomic mass is 9.70. The van der Waals surface area contributed by atoms with E-state index in [2.05, 4.69) is 18.3 Å². The molecule has 0 atom stereocenters. The summed E-state index contributed by atoms with van der Waals surface area (Å²) in [4.78, 5) is 0. The molecule has 0 aromatic rings. The molecule has 0 aromatic heterocycles. The Bertz CT molecular complexity index is 194. The molecule has 0 unspecified atom stereocenters. The molecule has 1 N–H and O–H groups in total. The van der Waals surface area contributed by atoms with Crippen molar-refractivity contribution < 1.29 is 0 Å². The Balaban J connectivity index is 1.91. The van der Waals surface area contributed by atoms with E-state index in [0.717, 1.165) is 18.8 Å². The molecule has 2 rings (SSSR count). The van der Waals surface area contributed by atoms with E-state index >= 15 is 0 Å². The predicted octanol–water partition coefficient (Wildman–Crippen LogP) is 1.43. The molecule has 0 spiro atoms. The van der Waals surface area contributed by atoms with Crippen LogP contribution in [0.25, 0.3) is 0 Å². The third-order valence-electron chi connectivity index (χ3n) is 2.67. The molecule has 2 aliphatic carbocycles. The third kappa shape index (κ3) is 1.25. The van der Waals surface area contributed by atoms with Crippen LogP contribution in [0.4, 0.5) is 0 Å². The minimum absolute atomic E-state index is 0.124. The van der Waals surface area contributed by atoms with E-state index in [1.807, 2.05) is 0 Å². The van der Waals surface area contributed by atoms with E-state index in [4.69, 9.17) is 5.26 Å². The van der Waals surface area contributed by atoms with Crippen LogP contribution in [-0.2, 0) is 0 Å². The maximum Gasteiger partial charge on any atom is 0.107 e. The van der Waals surface area contributed by atoms with Crippen LogP contribution in [0.2, 0.25) is 0 Å².